The SMILES string of the molecule is C[C@H]1OCCN[C@@H]1C(=O)NC1CCN(CC2CC2)CC1. The second kappa shape index (κ2) is 6.41. The average Bonchev–Trinajstić information content (AvgIpc) is 3.25. The molecule has 3 aliphatic rings. The lowest BCUT2D eigenvalue weighted by Gasteiger charge is -2.35. The van der Waals surface area contributed by atoms with Gasteiger partial charge in [-0.05, 0) is 38.5 Å². The van der Waals surface area contributed by atoms with Crippen molar-refractivity contribution >= 4 is 5.91 Å². The first-order valence-corrected chi connectivity index (χ1v) is 8.10. The molecule has 1 amide bonds. The molecule has 2 saturated heterocycles. The van der Waals surface area contributed by atoms with E-state index in [2.05, 4.69) is 15.5 Å². The van der Waals surface area contributed by atoms with E-state index in [9.17, 15) is 4.79 Å². The van der Waals surface area contributed by atoms with Crippen LogP contribution < -0.4 is 10.6 Å². The van der Waals surface area contributed by atoms with Crippen LogP contribution >= 0.6 is 0 Å². The van der Waals surface area contributed by atoms with Gasteiger partial charge in [-0.15, -0.1) is 0 Å². The van der Waals surface area contributed by atoms with Gasteiger partial charge in [0.1, 0.15) is 6.04 Å². The summed E-state index contributed by atoms with van der Waals surface area (Å²) in [7, 11) is 0. The third kappa shape index (κ3) is 3.71. The molecule has 1 saturated carbocycles. The van der Waals surface area contributed by atoms with Crippen molar-refractivity contribution in [2.75, 3.05) is 32.8 Å². The Morgan fingerprint density at radius 1 is 1.30 bits per heavy atom. The van der Waals surface area contributed by atoms with Crippen LogP contribution in [0.4, 0.5) is 0 Å². The Morgan fingerprint density at radius 2 is 2.05 bits per heavy atom. The molecule has 2 N–H and O–H groups in total. The highest BCUT2D eigenvalue weighted by Crippen LogP contribution is 2.30. The Hall–Kier alpha value is -0.650. The number of rotatable bonds is 4. The molecule has 5 nitrogen and oxygen atoms in total. The first-order valence-electron chi connectivity index (χ1n) is 8.10. The van der Waals surface area contributed by atoms with Crippen molar-refractivity contribution in [2.24, 2.45) is 5.92 Å². The van der Waals surface area contributed by atoms with Crippen LogP contribution in [0.5, 0.6) is 0 Å². The van der Waals surface area contributed by atoms with E-state index in [1.54, 1.807) is 0 Å². The number of hydrogen-bond acceptors (Lipinski definition) is 4. The molecule has 0 aromatic rings. The van der Waals surface area contributed by atoms with Crippen LogP contribution in [-0.2, 0) is 9.53 Å². The van der Waals surface area contributed by atoms with Gasteiger partial charge < -0.3 is 20.3 Å². The van der Waals surface area contributed by atoms with Gasteiger partial charge in [0.2, 0.25) is 5.91 Å². The molecular weight excluding hydrogens is 254 g/mol. The summed E-state index contributed by atoms with van der Waals surface area (Å²) >= 11 is 0. The molecule has 0 radical (unpaired) electrons. The van der Waals surface area contributed by atoms with E-state index in [0.29, 0.717) is 12.6 Å². The van der Waals surface area contributed by atoms with Gasteiger partial charge in [0, 0.05) is 32.2 Å². The van der Waals surface area contributed by atoms with E-state index in [0.717, 1.165) is 38.4 Å². The average molecular weight is 281 g/mol. The van der Waals surface area contributed by atoms with Crippen molar-refractivity contribution in [2.45, 2.75) is 50.8 Å². The van der Waals surface area contributed by atoms with Gasteiger partial charge in [0.05, 0.1) is 12.7 Å². The van der Waals surface area contributed by atoms with Crippen molar-refractivity contribution in [3.05, 3.63) is 0 Å². The highest BCUT2D eigenvalue weighted by Gasteiger charge is 2.31. The molecule has 2 heterocycles. The zero-order valence-electron chi connectivity index (χ0n) is 12.4. The zero-order chi connectivity index (χ0) is 13.9. The Bertz CT molecular complexity index is 338. The van der Waals surface area contributed by atoms with E-state index in [-0.39, 0.29) is 18.1 Å². The van der Waals surface area contributed by atoms with Crippen molar-refractivity contribution in [1.29, 1.82) is 0 Å². The summed E-state index contributed by atoms with van der Waals surface area (Å²) in [5.74, 6) is 1.07. The number of likely N-dealkylation sites (tertiary alicyclic amines) is 1. The fourth-order valence-electron chi connectivity index (χ4n) is 3.24. The van der Waals surface area contributed by atoms with Gasteiger partial charge in [-0.3, -0.25) is 4.79 Å². The molecule has 0 spiro atoms. The van der Waals surface area contributed by atoms with Crippen LogP contribution in [0.25, 0.3) is 0 Å². The lowest BCUT2D eigenvalue weighted by Crippen LogP contribution is -2.58. The van der Waals surface area contributed by atoms with Crippen molar-refractivity contribution in [1.82, 2.24) is 15.5 Å². The number of carbonyl (C=O) groups excluding carboxylic acids is 1. The fourth-order valence-corrected chi connectivity index (χ4v) is 3.24. The molecule has 0 bridgehead atoms. The third-order valence-electron chi connectivity index (χ3n) is 4.75. The molecule has 1 aliphatic carbocycles. The summed E-state index contributed by atoms with van der Waals surface area (Å²) in [6.45, 7) is 6.97. The summed E-state index contributed by atoms with van der Waals surface area (Å²) in [6, 6.07) is 0.155. The van der Waals surface area contributed by atoms with Crippen LogP contribution in [0.15, 0.2) is 0 Å². The standard InChI is InChI=1S/C15H27N3O2/c1-11-14(16-6-9-20-11)15(19)17-13-4-7-18(8-5-13)10-12-2-3-12/h11-14,16H,2-10H2,1H3,(H,17,19)/t11-,14+/m1/s1. The summed E-state index contributed by atoms with van der Waals surface area (Å²) < 4.78 is 5.54. The topological polar surface area (TPSA) is 53.6 Å². The van der Waals surface area contributed by atoms with Crippen LogP contribution in [-0.4, -0.2) is 61.8 Å². The summed E-state index contributed by atoms with van der Waals surface area (Å²) in [6.07, 6.45) is 4.98. The number of carbonyl (C=O) groups is 1. The van der Waals surface area contributed by atoms with Gasteiger partial charge >= 0.3 is 0 Å². The monoisotopic (exact) mass is 281 g/mol. The predicted octanol–water partition coefficient (Wildman–Crippen LogP) is 0.354. The zero-order valence-corrected chi connectivity index (χ0v) is 12.4. The number of hydrogen-bond donors (Lipinski definition) is 2. The lowest BCUT2D eigenvalue weighted by molar-refractivity contribution is -0.130. The van der Waals surface area contributed by atoms with Crippen LogP contribution in [0.2, 0.25) is 0 Å². The van der Waals surface area contributed by atoms with Gasteiger partial charge in [-0.2, -0.15) is 0 Å². The molecule has 2 atom stereocenters. The van der Waals surface area contributed by atoms with Crippen LogP contribution in [0, 0.1) is 5.92 Å². The Labute approximate surface area is 121 Å². The van der Waals surface area contributed by atoms with E-state index >= 15 is 0 Å². The maximum atomic E-state index is 12.3. The molecule has 3 rings (SSSR count). The Balaban J connectivity index is 1.40. The second-order valence-electron chi connectivity index (χ2n) is 6.53. The van der Waals surface area contributed by atoms with E-state index in [1.165, 1.54) is 19.4 Å². The Kier molecular flexibility index (Phi) is 4.58. The van der Waals surface area contributed by atoms with Crippen molar-refractivity contribution in [3.63, 3.8) is 0 Å². The van der Waals surface area contributed by atoms with E-state index in [4.69, 9.17) is 4.74 Å². The van der Waals surface area contributed by atoms with E-state index < -0.39 is 0 Å². The minimum atomic E-state index is -0.187. The van der Waals surface area contributed by atoms with Gasteiger partial charge in [0.15, 0.2) is 0 Å². The summed E-state index contributed by atoms with van der Waals surface area (Å²) in [4.78, 5) is 14.8. The maximum Gasteiger partial charge on any atom is 0.240 e. The first kappa shape index (κ1) is 14.3. The van der Waals surface area contributed by atoms with Crippen LogP contribution in [0.3, 0.4) is 0 Å². The fraction of sp³-hybridized carbons (Fsp3) is 0.933. The highest BCUT2D eigenvalue weighted by molar-refractivity contribution is 5.82. The molecule has 0 aromatic carbocycles. The van der Waals surface area contributed by atoms with Crippen molar-refractivity contribution < 1.29 is 9.53 Å². The minimum absolute atomic E-state index is 0.0290. The molecule has 3 fully saturated rings. The molecular formula is C15H27N3O2. The largest absolute Gasteiger partial charge is 0.375 e. The maximum absolute atomic E-state index is 12.3. The van der Waals surface area contributed by atoms with Gasteiger partial charge in [0.25, 0.3) is 0 Å². The smallest absolute Gasteiger partial charge is 0.240 e. The van der Waals surface area contributed by atoms with Gasteiger partial charge in [-0.1, -0.05) is 0 Å². The molecule has 114 valence electrons. The molecule has 0 aromatic heterocycles. The molecule has 2 aliphatic heterocycles. The second-order valence-corrected chi connectivity index (χ2v) is 6.53. The highest BCUT2D eigenvalue weighted by atomic mass is 16.5. The minimum Gasteiger partial charge on any atom is -0.375 e. The number of morpholine rings is 1. The molecule has 5 heteroatoms. The van der Waals surface area contributed by atoms with E-state index in [1.807, 2.05) is 6.92 Å². The predicted molar refractivity (Wildman–Crippen MR) is 77.5 cm³/mol. The first-order chi connectivity index (χ1) is 9.72. The number of nitrogens with zero attached hydrogens (tertiary/aromatic N) is 1. The number of amides is 1. The normalized spacial score (nSPS) is 33.0. The number of ether oxygens (including phenoxy) is 1. The third-order valence-corrected chi connectivity index (χ3v) is 4.75. The Morgan fingerprint density at radius 3 is 2.70 bits per heavy atom. The van der Waals surface area contributed by atoms with Crippen molar-refractivity contribution in [3.8, 4) is 0 Å². The lowest BCUT2D eigenvalue weighted by atomic mass is 10.0. The van der Waals surface area contributed by atoms with Crippen LogP contribution in [0.1, 0.15) is 32.6 Å². The van der Waals surface area contributed by atoms with Gasteiger partial charge in [-0.25, -0.2) is 0 Å². The number of nitrogens with one attached hydrogen (secondary N) is 2. The summed E-state index contributed by atoms with van der Waals surface area (Å²) in [5.41, 5.74) is 0. The quantitative estimate of drug-likeness (QED) is 0.781. The summed E-state index contributed by atoms with van der Waals surface area (Å²) in [5, 5.41) is 6.45. The number of piperidine rings is 1. The molecule has 0 unspecified atom stereocenters. The molecule has 20 heavy (non-hydrogen) atoms.